The van der Waals surface area contributed by atoms with Gasteiger partial charge in [0.2, 0.25) is 5.91 Å². The van der Waals surface area contributed by atoms with Gasteiger partial charge < -0.3 is 4.90 Å². The molecule has 1 rings (SSSR count). The number of halogens is 1. The molecular formula is C9H12FNO3S. The topological polar surface area (TPSA) is 54.5 Å². The monoisotopic (exact) mass is 233 g/mol. The molecule has 1 heterocycles. The van der Waals surface area contributed by atoms with E-state index in [1.165, 1.54) is 4.90 Å². The molecule has 4 nitrogen and oxygen atoms in total. The summed E-state index contributed by atoms with van der Waals surface area (Å²) in [4.78, 5) is 12.7. The van der Waals surface area contributed by atoms with Crippen LogP contribution in [-0.2, 0) is 15.0 Å². The van der Waals surface area contributed by atoms with Gasteiger partial charge in [-0.3, -0.25) is 4.79 Å². The average molecular weight is 233 g/mol. The van der Waals surface area contributed by atoms with Crippen molar-refractivity contribution in [3.05, 3.63) is 0 Å². The van der Waals surface area contributed by atoms with Gasteiger partial charge in [0.25, 0.3) is 0 Å². The number of carbonyl (C=O) groups is 1. The van der Waals surface area contributed by atoms with Gasteiger partial charge in [-0.25, -0.2) is 0 Å². The molecule has 1 saturated heterocycles. The Morgan fingerprint density at radius 2 is 2.13 bits per heavy atom. The Hall–Kier alpha value is -1.09. The Labute approximate surface area is 88.7 Å². The Balaban J connectivity index is 2.93. The van der Waals surface area contributed by atoms with E-state index in [0.29, 0.717) is 0 Å². The van der Waals surface area contributed by atoms with Crippen LogP contribution in [0.4, 0.5) is 3.89 Å². The Kier molecular flexibility index (Phi) is 2.79. The number of terminal acetylenes is 1. The molecule has 0 aromatic rings. The van der Waals surface area contributed by atoms with Crippen molar-refractivity contribution >= 4 is 16.1 Å². The molecule has 84 valence electrons. The van der Waals surface area contributed by atoms with Crippen molar-refractivity contribution in [2.75, 3.05) is 6.54 Å². The zero-order valence-corrected chi connectivity index (χ0v) is 9.34. The largest absolute Gasteiger partial charge is 0.325 e. The number of hydrogen-bond donors (Lipinski definition) is 0. The SMILES string of the molecule is C#CC(C)(C)N1CC(S(=O)(=O)F)CC1=O. The van der Waals surface area contributed by atoms with E-state index < -0.39 is 26.9 Å². The van der Waals surface area contributed by atoms with Crippen LogP contribution in [0.3, 0.4) is 0 Å². The molecule has 0 aromatic carbocycles. The molecule has 0 bridgehead atoms. The van der Waals surface area contributed by atoms with Crippen LogP contribution in [0.5, 0.6) is 0 Å². The van der Waals surface area contributed by atoms with Gasteiger partial charge in [-0.2, -0.15) is 8.42 Å². The van der Waals surface area contributed by atoms with Gasteiger partial charge in [0.1, 0.15) is 5.25 Å². The van der Waals surface area contributed by atoms with Crippen molar-refractivity contribution in [1.29, 1.82) is 0 Å². The van der Waals surface area contributed by atoms with E-state index in [1.807, 2.05) is 0 Å². The number of nitrogens with zero attached hydrogens (tertiary/aromatic N) is 1. The molecule has 0 aliphatic carbocycles. The lowest BCUT2D eigenvalue weighted by Gasteiger charge is -2.30. The maximum Gasteiger partial charge on any atom is 0.307 e. The first-order valence-electron chi connectivity index (χ1n) is 4.40. The van der Waals surface area contributed by atoms with Crippen LogP contribution in [-0.4, -0.2) is 36.6 Å². The quantitative estimate of drug-likeness (QED) is 0.509. The van der Waals surface area contributed by atoms with Crippen LogP contribution in [0.1, 0.15) is 20.3 Å². The van der Waals surface area contributed by atoms with Crippen LogP contribution in [0.15, 0.2) is 0 Å². The van der Waals surface area contributed by atoms with Crippen molar-refractivity contribution in [3.63, 3.8) is 0 Å². The number of hydrogen-bond acceptors (Lipinski definition) is 3. The van der Waals surface area contributed by atoms with Gasteiger partial charge in [0, 0.05) is 13.0 Å². The van der Waals surface area contributed by atoms with Crippen LogP contribution in [0.2, 0.25) is 0 Å². The Morgan fingerprint density at radius 1 is 1.60 bits per heavy atom. The van der Waals surface area contributed by atoms with Crippen LogP contribution in [0, 0.1) is 12.3 Å². The maximum absolute atomic E-state index is 12.7. The smallest absolute Gasteiger partial charge is 0.307 e. The third kappa shape index (κ3) is 2.29. The summed E-state index contributed by atoms with van der Waals surface area (Å²) in [6, 6.07) is 0. The zero-order chi connectivity index (χ0) is 11.9. The molecule has 1 fully saturated rings. The Morgan fingerprint density at radius 3 is 2.47 bits per heavy atom. The minimum absolute atomic E-state index is 0.172. The van der Waals surface area contributed by atoms with Crippen molar-refractivity contribution in [2.45, 2.75) is 31.1 Å². The minimum Gasteiger partial charge on any atom is -0.325 e. The Bertz CT molecular complexity index is 421. The van der Waals surface area contributed by atoms with Gasteiger partial charge in [0.15, 0.2) is 0 Å². The number of amides is 1. The first kappa shape index (κ1) is 12.0. The molecule has 1 aliphatic rings. The first-order chi connectivity index (χ1) is 6.68. The number of rotatable bonds is 2. The number of likely N-dealkylation sites (tertiary alicyclic amines) is 1. The fourth-order valence-corrected chi connectivity index (χ4v) is 2.15. The highest BCUT2D eigenvalue weighted by molar-refractivity contribution is 7.87. The third-order valence-electron chi connectivity index (χ3n) is 2.52. The van der Waals surface area contributed by atoms with E-state index in [-0.39, 0.29) is 13.0 Å². The van der Waals surface area contributed by atoms with Gasteiger partial charge in [-0.1, -0.05) is 5.92 Å². The maximum atomic E-state index is 12.7. The summed E-state index contributed by atoms with van der Waals surface area (Å²) >= 11 is 0. The highest BCUT2D eigenvalue weighted by atomic mass is 32.3. The van der Waals surface area contributed by atoms with Gasteiger partial charge >= 0.3 is 10.2 Å². The van der Waals surface area contributed by atoms with Gasteiger partial charge in [0.05, 0.1) is 5.54 Å². The van der Waals surface area contributed by atoms with Crippen molar-refractivity contribution < 1.29 is 17.1 Å². The van der Waals surface area contributed by atoms with Crippen molar-refractivity contribution in [3.8, 4) is 12.3 Å². The van der Waals surface area contributed by atoms with E-state index >= 15 is 0 Å². The lowest BCUT2D eigenvalue weighted by molar-refractivity contribution is -0.130. The normalized spacial score (nSPS) is 22.9. The first-order valence-corrected chi connectivity index (χ1v) is 5.85. The van der Waals surface area contributed by atoms with Crippen LogP contribution < -0.4 is 0 Å². The summed E-state index contributed by atoms with van der Waals surface area (Å²) < 4.78 is 34.0. The summed E-state index contributed by atoms with van der Waals surface area (Å²) in [5.74, 6) is 1.95. The lowest BCUT2D eigenvalue weighted by atomic mass is 10.1. The fraction of sp³-hybridized carbons (Fsp3) is 0.667. The second-order valence-electron chi connectivity index (χ2n) is 4.01. The molecule has 0 radical (unpaired) electrons. The standard InChI is InChI=1S/C9H12FNO3S/c1-4-9(2,3)11-6-7(5-8(11)12)15(10,13)14/h1,7H,5-6H2,2-3H3. The predicted molar refractivity (Wildman–Crippen MR) is 53.1 cm³/mol. The molecular weight excluding hydrogens is 221 g/mol. The average Bonchev–Trinajstić information content (AvgIpc) is 2.47. The summed E-state index contributed by atoms with van der Waals surface area (Å²) in [6.07, 6.45) is 4.89. The van der Waals surface area contributed by atoms with E-state index in [4.69, 9.17) is 6.42 Å². The molecule has 15 heavy (non-hydrogen) atoms. The van der Waals surface area contributed by atoms with Gasteiger partial charge in [-0.15, -0.1) is 10.3 Å². The zero-order valence-electron chi connectivity index (χ0n) is 8.53. The molecule has 0 aromatic heterocycles. The summed E-state index contributed by atoms with van der Waals surface area (Å²) in [5, 5.41) is -1.28. The van der Waals surface area contributed by atoms with Crippen LogP contribution >= 0.6 is 0 Å². The molecule has 1 atom stereocenters. The number of carbonyl (C=O) groups excluding carboxylic acids is 1. The second kappa shape index (κ2) is 3.49. The predicted octanol–water partition coefficient (Wildman–Crippen LogP) is 0.298. The van der Waals surface area contributed by atoms with E-state index in [9.17, 15) is 17.1 Å². The molecule has 1 unspecified atom stereocenters. The molecule has 6 heteroatoms. The van der Waals surface area contributed by atoms with Crippen molar-refractivity contribution in [2.24, 2.45) is 0 Å². The minimum atomic E-state index is -4.67. The summed E-state index contributed by atoms with van der Waals surface area (Å²) in [6.45, 7) is 3.05. The molecule has 1 aliphatic heterocycles. The van der Waals surface area contributed by atoms with Crippen molar-refractivity contribution in [1.82, 2.24) is 4.90 Å². The fourth-order valence-electron chi connectivity index (χ4n) is 1.48. The van der Waals surface area contributed by atoms with Crippen LogP contribution in [0.25, 0.3) is 0 Å². The van der Waals surface area contributed by atoms with E-state index in [2.05, 4.69) is 5.92 Å². The second-order valence-corrected chi connectivity index (χ2v) is 5.63. The highest BCUT2D eigenvalue weighted by Crippen LogP contribution is 2.26. The summed E-state index contributed by atoms with van der Waals surface area (Å²) in [7, 11) is -4.67. The molecule has 0 N–H and O–H groups in total. The molecule has 0 saturated carbocycles. The lowest BCUT2D eigenvalue weighted by Crippen LogP contribution is -2.44. The van der Waals surface area contributed by atoms with E-state index in [1.54, 1.807) is 13.8 Å². The third-order valence-corrected chi connectivity index (χ3v) is 3.63. The molecule has 1 amide bonds. The highest BCUT2D eigenvalue weighted by Gasteiger charge is 2.43. The van der Waals surface area contributed by atoms with E-state index in [0.717, 1.165) is 0 Å². The van der Waals surface area contributed by atoms with Gasteiger partial charge in [-0.05, 0) is 13.8 Å². The molecule has 0 spiro atoms. The summed E-state index contributed by atoms with van der Waals surface area (Å²) in [5.41, 5.74) is -0.878.